The highest BCUT2D eigenvalue weighted by atomic mass is 32.2. The van der Waals surface area contributed by atoms with Crippen molar-refractivity contribution < 1.29 is 22.8 Å². The fraction of sp³-hybridized carbons (Fsp3) is 0.818. The van der Waals surface area contributed by atoms with Crippen LogP contribution in [0.3, 0.4) is 0 Å². The summed E-state index contributed by atoms with van der Waals surface area (Å²) in [5, 5.41) is 2.52. The minimum Gasteiger partial charge on any atom is -0.345 e. The number of carbonyl (C=O) groups is 2. The number of halogens is 3. The lowest BCUT2D eigenvalue weighted by Crippen LogP contribution is -2.67. The van der Waals surface area contributed by atoms with Crippen molar-refractivity contribution in [3.05, 3.63) is 0 Å². The molecule has 0 radical (unpaired) electrons. The molecule has 1 aliphatic carbocycles. The lowest BCUT2D eigenvalue weighted by atomic mass is 9.90. The molecule has 108 valence electrons. The molecule has 4 nitrogen and oxygen atoms in total. The number of nitrogens with zero attached hydrogens (tertiary/aromatic N) is 1. The monoisotopic (exact) mass is 296 g/mol. The van der Waals surface area contributed by atoms with E-state index in [9.17, 15) is 22.8 Å². The number of piperazine rings is 1. The fourth-order valence-corrected chi connectivity index (χ4v) is 2.98. The summed E-state index contributed by atoms with van der Waals surface area (Å²) in [5.74, 6) is -0.749. The molecule has 0 spiro atoms. The second kappa shape index (κ2) is 4.88. The van der Waals surface area contributed by atoms with Crippen molar-refractivity contribution >= 4 is 23.6 Å². The number of thioether (sulfide) groups is 1. The minimum absolute atomic E-state index is 0.0522. The minimum atomic E-state index is -4.31. The Morgan fingerprint density at radius 1 is 1.42 bits per heavy atom. The van der Waals surface area contributed by atoms with Gasteiger partial charge in [-0.25, -0.2) is 0 Å². The molecule has 1 unspecified atom stereocenters. The average Bonchev–Trinajstić information content (AvgIpc) is 3.11. The van der Waals surface area contributed by atoms with Gasteiger partial charge in [0.05, 0.1) is 6.54 Å². The molecule has 0 aromatic rings. The molecule has 1 atom stereocenters. The highest BCUT2D eigenvalue weighted by Crippen LogP contribution is 2.44. The third kappa shape index (κ3) is 2.98. The SMILES string of the molecule is CC1(C2CC2)C(=O)NCC(=O)N1CCSC(F)(F)F. The van der Waals surface area contributed by atoms with Gasteiger partial charge < -0.3 is 10.2 Å². The van der Waals surface area contributed by atoms with E-state index in [0.717, 1.165) is 12.8 Å². The van der Waals surface area contributed by atoms with Gasteiger partial charge in [0.25, 0.3) is 0 Å². The Bertz CT molecular complexity index is 398. The van der Waals surface area contributed by atoms with Crippen molar-refractivity contribution in [2.24, 2.45) is 5.92 Å². The number of alkyl halides is 3. The van der Waals surface area contributed by atoms with Crippen LogP contribution in [0.15, 0.2) is 0 Å². The van der Waals surface area contributed by atoms with Gasteiger partial charge in [-0.2, -0.15) is 13.2 Å². The molecule has 1 aliphatic heterocycles. The van der Waals surface area contributed by atoms with E-state index in [1.807, 2.05) is 0 Å². The Labute approximate surface area is 113 Å². The van der Waals surface area contributed by atoms with Gasteiger partial charge in [-0.3, -0.25) is 9.59 Å². The summed E-state index contributed by atoms with van der Waals surface area (Å²) in [4.78, 5) is 25.2. The maximum atomic E-state index is 12.1. The molecule has 2 fully saturated rings. The molecule has 8 heteroatoms. The summed E-state index contributed by atoms with van der Waals surface area (Å²) >= 11 is -0.162. The van der Waals surface area contributed by atoms with Crippen molar-refractivity contribution in [1.82, 2.24) is 10.2 Å². The van der Waals surface area contributed by atoms with Gasteiger partial charge in [0, 0.05) is 12.3 Å². The zero-order chi connectivity index (χ0) is 14.3. The summed E-state index contributed by atoms with van der Waals surface area (Å²) in [7, 11) is 0. The third-order valence-electron chi connectivity index (χ3n) is 3.67. The van der Waals surface area contributed by atoms with E-state index in [4.69, 9.17) is 0 Å². The standard InChI is InChI=1S/C11H15F3N2O2S/c1-10(7-2-3-7)9(18)15-6-8(17)16(10)4-5-19-11(12,13)14/h7H,2-6H2,1H3,(H,15,18). The maximum Gasteiger partial charge on any atom is 0.441 e. The van der Waals surface area contributed by atoms with Crippen LogP contribution < -0.4 is 5.32 Å². The van der Waals surface area contributed by atoms with Crippen LogP contribution in [-0.4, -0.2) is 46.6 Å². The van der Waals surface area contributed by atoms with Gasteiger partial charge in [-0.05, 0) is 37.4 Å². The second-order valence-corrected chi connectivity index (χ2v) is 6.10. The Hall–Kier alpha value is -0.920. The van der Waals surface area contributed by atoms with E-state index < -0.39 is 11.0 Å². The van der Waals surface area contributed by atoms with Crippen LogP contribution in [0.5, 0.6) is 0 Å². The summed E-state index contributed by atoms with van der Waals surface area (Å²) < 4.78 is 36.4. The topological polar surface area (TPSA) is 49.4 Å². The molecule has 1 heterocycles. The molecule has 2 aliphatic rings. The van der Waals surface area contributed by atoms with Gasteiger partial charge >= 0.3 is 5.51 Å². The molecule has 0 aromatic carbocycles. The summed E-state index contributed by atoms with van der Waals surface area (Å²) in [6.45, 7) is 1.47. The van der Waals surface area contributed by atoms with Crippen LogP contribution in [0.1, 0.15) is 19.8 Å². The van der Waals surface area contributed by atoms with E-state index in [2.05, 4.69) is 5.32 Å². The average molecular weight is 296 g/mol. The largest absolute Gasteiger partial charge is 0.441 e. The van der Waals surface area contributed by atoms with E-state index in [1.165, 1.54) is 4.90 Å². The number of rotatable bonds is 4. The third-order valence-corrected chi connectivity index (χ3v) is 4.39. The second-order valence-electron chi connectivity index (χ2n) is 4.94. The number of nitrogens with one attached hydrogen (secondary N) is 1. The van der Waals surface area contributed by atoms with Crippen molar-refractivity contribution in [3.63, 3.8) is 0 Å². The lowest BCUT2D eigenvalue weighted by Gasteiger charge is -2.44. The number of carbonyl (C=O) groups excluding carboxylic acids is 2. The smallest absolute Gasteiger partial charge is 0.345 e. The maximum absolute atomic E-state index is 12.1. The highest BCUT2D eigenvalue weighted by molar-refractivity contribution is 8.00. The molecule has 0 bridgehead atoms. The zero-order valence-electron chi connectivity index (χ0n) is 10.4. The number of hydrogen-bond donors (Lipinski definition) is 1. The summed E-state index contributed by atoms with van der Waals surface area (Å²) in [5.41, 5.74) is -5.29. The molecule has 1 N–H and O–H groups in total. The van der Waals surface area contributed by atoms with E-state index in [-0.39, 0.29) is 48.3 Å². The Kier molecular flexibility index (Phi) is 3.72. The van der Waals surface area contributed by atoms with E-state index in [0.29, 0.717) is 0 Å². The first-order valence-electron chi connectivity index (χ1n) is 6.04. The predicted molar refractivity (Wildman–Crippen MR) is 64.4 cm³/mol. The Balaban J connectivity index is 2.05. The summed E-state index contributed by atoms with van der Waals surface area (Å²) in [6, 6.07) is 0. The van der Waals surface area contributed by atoms with Gasteiger partial charge in [0.15, 0.2) is 0 Å². The van der Waals surface area contributed by atoms with Crippen molar-refractivity contribution in [1.29, 1.82) is 0 Å². The fourth-order valence-electron chi connectivity index (χ4n) is 2.47. The van der Waals surface area contributed by atoms with Crippen LogP contribution in [0.25, 0.3) is 0 Å². The first kappa shape index (κ1) is 14.5. The Morgan fingerprint density at radius 3 is 2.58 bits per heavy atom. The van der Waals surface area contributed by atoms with Crippen molar-refractivity contribution in [2.75, 3.05) is 18.8 Å². The van der Waals surface area contributed by atoms with Gasteiger partial charge in [-0.1, -0.05) is 0 Å². The molecule has 0 aromatic heterocycles. The molecule has 2 amide bonds. The molecule has 1 saturated carbocycles. The highest BCUT2D eigenvalue weighted by Gasteiger charge is 2.54. The van der Waals surface area contributed by atoms with Gasteiger partial charge in [0.1, 0.15) is 5.54 Å². The lowest BCUT2D eigenvalue weighted by molar-refractivity contribution is -0.153. The van der Waals surface area contributed by atoms with Crippen LogP contribution in [-0.2, 0) is 9.59 Å². The van der Waals surface area contributed by atoms with E-state index >= 15 is 0 Å². The zero-order valence-corrected chi connectivity index (χ0v) is 11.2. The predicted octanol–water partition coefficient (Wildman–Crippen LogP) is 1.37. The molecular weight excluding hydrogens is 281 g/mol. The summed E-state index contributed by atoms with van der Waals surface area (Å²) in [6.07, 6.45) is 1.67. The Morgan fingerprint density at radius 2 is 2.05 bits per heavy atom. The van der Waals surface area contributed by atoms with Crippen LogP contribution in [0.4, 0.5) is 13.2 Å². The molecule has 1 saturated heterocycles. The molecule has 19 heavy (non-hydrogen) atoms. The van der Waals surface area contributed by atoms with E-state index in [1.54, 1.807) is 6.92 Å². The van der Waals surface area contributed by atoms with Crippen LogP contribution >= 0.6 is 11.8 Å². The van der Waals surface area contributed by atoms with Crippen molar-refractivity contribution in [2.45, 2.75) is 30.8 Å². The molecule has 2 rings (SSSR count). The number of amides is 2. The van der Waals surface area contributed by atoms with Crippen molar-refractivity contribution in [3.8, 4) is 0 Å². The number of hydrogen-bond acceptors (Lipinski definition) is 3. The van der Waals surface area contributed by atoms with Gasteiger partial charge in [0.2, 0.25) is 11.8 Å². The van der Waals surface area contributed by atoms with Crippen LogP contribution in [0.2, 0.25) is 0 Å². The normalized spacial score (nSPS) is 28.5. The van der Waals surface area contributed by atoms with Crippen LogP contribution in [0, 0.1) is 5.92 Å². The molecular formula is C11H15F3N2O2S. The first-order chi connectivity index (χ1) is 8.75. The first-order valence-corrected chi connectivity index (χ1v) is 7.03. The van der Waals surface area contributed by atoms with Gasteiger partial charge in [-0.15, -0.1) is 0 Å². The quantitative estimate of drug-likeness (QED) is 0.852.